The van der Waals surface area contributed by atoms with Crippen molar-refractivity contribution in [2.24, 2.45) is 0 Å². The zero-order chi connectivity index (χ0) is 10.5. The number of rotatable bonds is 3. The molecule has 0 bridgehead atoms. The van der Waals surface area contributed by atoms with E-state index in [9.17, 15) is 0 Å². The van der Waals surface area contributed by atoms with Gasteiger partial charge in [-0.15, -0.1) is 0 Å². The van der Waals surface area contributed by atoms with Crippen molar-refractivity contribution < 1.29 is 9.26 Å². The summed E-state index contributed by atoms with van der Waals surface area (Å²) in [6.07, 6.45) is 3.36. The van der Waals surface area contributed by atoms with Gasteiger partial charge in [-0.25, -0.2) is 0 Å². The third-order valence-corrected chi connectivity index (χ3v) is 2.57. The highest BCUT2D eigenvalue weighted by Crippen LogP contribution is 2.08. The Bertz CT molecular complexity index is 293. The SMILES string of the molecule is Cc1nc(CNC2CCCOCC2)no1. The lowest BCUT2D eigenvalue weighted by molar-refractivity contribution is 0.142. The molecule has 0 saturated carbocycles. The van der Waals surface area contributed by atoms with E-state index >= 15 is 0 Å². The summed E-state index contributed by atoms with van der Waals surface area (Å²) in [6.45, 7) is 4.22. The lowest BCUT2D eigenvalue weighted by atomic mass is 10.1. The lowest BCUT2D eigenvalue weighted by Crippen LogP contribution is -2.29. The highest BCUT2D eigenvalue weighted by atomic mass is 16.5. The fourth-order valence-corrected chi connectivity index (χ4v) is 1.76. The van der Waals surface area contributed by atoms with E-state index < -0.39 is 0 Å². The van der Waals surface area contributed by atoms with Gasteiger partial charge in [0.25, 0.3) is 0 Å². The van der Waals surface area contributed by atoms with Crippen molar-refractivity contribution in [2.45, 2.75) is 38.8 Å². The maximum Gasteiger partial charge on any atom is 0.223 e. The molecule has 0 spiro atoms. The first-order valence-electron chi connectivity index (χ1n) is 5.45. The van der Waals surface area contributed by atoms with Gasteiger partial charge >= 0.3 is 0 Å². The number of aromatic nitrogens is 2. The molecular weight excluding hydrogens is 194 g/mol. The molecule has 1 aromatic heterocycles. The Kier molecular flexibility index (Phi) is 3.69. The molecule has 1 N–H and O–H groups in total. The molecule has 1 aromatic rings. The number of nitrogens with zero attached hydrogens (tertiary/aromatic N) is 2. The van der Waals surface area contributed by atoms with Crippen LogP contribution >= 0.6 is 0 Å². The van der Waals surface area contributed by atoms with Crippen LogP contribution in [0.2, 0.25) is 0 Å². The zero-order valence-electron chi connectivity index (χ0n) is 9.03. The van der Waals surface area contributed by atoms with Gasteiger partial charge in [-0.2, -0.15) is 4.98 Å². The van der Waals surface area contributed by atoms with Gasteiger partial charge in [0.1, 0.15) is 0 Å². The molecule has 1 unspecified atom stereocenters. The van der Waals surface area contributed by atoms with Gasteiger partial charge in [-0.05, 0) is 19.3 Å². The highest BCUT2D eigenvalue weighted by Gasteiger charge is 2.12. The van der Waals surface area contributed by atoms with Gasteiger partial charge in [0.2, 0.25) is 5.89 Å². The maximum absolute atomic E-state index is 5.39. The molecule has 0 radical (unpaired) electrons. The standard InChI is InChI=1S/C10H17N3O2/c1-8-12-10(13-15-8)7-11-9-3-2-5-14-6-4-9/h9,11H,2-7H2,1H3. The third-order valence-electron chi connectivity index (χ3n) is 2.57. The van der Waals surface area contributed by atoms with Crippen LogP contribution in [0.25, 0.3) is 0 Å². The van der Waals surface area contributed by atoms with Crippen LogP contribution in [-0.2, 0) is 11.3 Å². The van der Waals surface area contributed by atoms with E-state index in [1.54, 1.807) is 6.92 Å². The normalized spacial score (nSPS) is 22.6. The Labute approximate surface area is 89.2 Å². The number of hydrogen-bond acceptors (Lipinski definition) is 5. The zero-order valence-corrected chi connectivity index (χ0v) is 9.03. The molecule has 2 heterocycles. The number of nitrogens with one attached hydrogen (secondary N) is 1. The van der Waals surface area contributed by atoms with E-state index in [1.165, 1.54) is 0 Å². The number of aryl methyl sites for hydroxylation is 1. The van der Waals surface area contributed by atoms with E-state index in [0.29, 0.717) is 18.5 Å². The molecule has 1 fully saturated rings. The highest BCUT2D eigenvalue weighted by molar-refractivity contribution is 4.84. The molecule has 0 aromatic carbocycles. The Morgan fingerprint density at radius 2 is 2.33 bits per heavy atom. The predicted octanol–water partition coefficient (Wildman–Crippen LogP) is 1.04. The van der Waals surface area contributed by atoms with E-state index in [-0.39, 0.29) is 0 Å². The topological polar surface area (TPSA) is 60.2 Å². The molecule has 1 aliphatic heterocycles. The molecule has 5 nitrogen and oxygen atoms in total. The summed E-state index contributed by atoms with van der Waals surface area (Å²) in [5.74, 6) is 1.36. The second-order valence-corrected chi connectivity index (χ2v) is 3.85. The van der Waals surface area contributed by atoms with Gasteiger partial charge in [-0.3, -0.25) is 0 Å². The minimum atomic E-state index is 0.520. The van der Waals surface area contributed by atoms with E-state index in [1.807, 2.05) is 0 Å². The van der Waals surface area contributed by atoms with Crippen LogP contribution in [0.15, 0.2) is 4.52 Å². The first-order valence-corrected chi connectivity index (χ1v) is 5.45. The Morgan fingerprint density at radius 1 is 1.40 bits per heavy atom. The average Bonchev–Trinajstić information content (AvgIpc) is 2.52. The molecule has 5 heteroatoms. The number of ether oxygens (including phenoxy) is 1. The molecule has 1 saturated heterocycles. The van der Waals surface area contributed by atoms with Gasteiger partial charge in [0.15, 0.2) is 5.82 Å². The summed E-state index contributed by atoms with van der Waals surface area (Å²) in [5.41, 5.74) is 0. The van der Waals surface area contributed by atoms with Crippen molar-refractivity contribution in [2.75, 3.05) is 13.2 Å². The van der Waals surface area contributed by atoms with E-state index in [2.05, 4.69) is 15.5 Å². The van der Waals surface area contributed by atoms with Crippen LogP contribution in [0.3, 0.4) is 0 Å². The van der Waals surface area contributed by atoms with Gasteiger partial charge in [-0.1, -0.05) is 5.16 Å². The predicted molar refractivity (Wildman–Crippen MR) is 54.3 cm³/mol. The number of hydrogen-bond donors (Lipinski definition) is 1. The summed E-state index contributed by atoms with van der Waals surface area (Å²) in [7, 11) is 0. The third kappa shape index (κ3) is 3.28. The summed E-state index contributed by atoms with van der Waals surface area (Å²) >= 11 is 0. The van der Waals surface area contributed by atoms with Gasteiger partial charge in [0, 0.05) is 26.2 Å². The largest absolute Gasteiger partial charge is 0.381 e. The quantitative estimate of drug-likeness (QED) is 0.809. The van der Waals surface area contributed by atoms with E-state index in [4.69, 9.17) is 9.26 Å². The van der Waals surface area contributed by atoms with Crippen LogP contribution in [0.4, 0.5) is 0 Å². The van der Waals surface area contributed by atoms with Crippen molar-refractivity contribution in [1.82, 2.24) is 15.5 Å². The van der Waals surface area contributed by atoms with Gasteiger partial charge < -0.3 is 14.6 Å². The molecule has 2 rings (SSSR count). The Hall–Kier alpha value is -0.940. The summed E-state index contributed by atoms with van der Waals surface area (Å²) in [4.78, 5) is 4.15. The van der Waals surface area contributed by atoms with Crippen LogP contribution in [-0.4, -0.2) is 29.4 Å². The molecular formula is C10H17N3O2. The Morgan fingerprint density at radius 3 is 3.13 bits per heavy atom. The summed E-state index contributed by atoms with van der Waals surface area (Å²) < 4.78 is 10.3. The molecule has 0 aliphatic carbocycles. The van der Waals surface area contributed by atoms with Crippen molar-refractivity contribution in [1.29, 1.82) is 0 Å². The average molecular weight is 211 g/mol. The molecule has 0 amide bonds. The summed E-state index contributed by atoms with van der Waals surface area (Å²) in [6, 6.07) is 0.520. The fraction of sp³-hybridized carbons (Fsp3) is 0.800. The van der Waals surface area contributed by atoms with Crippen LogP contribution in [0.5, 0.6) is 0 Å². The minimum Gasteiger partial charge on any atom is -0.381 e. The van der Waals surface area contributed by atoms with Crippen molar-refractivity contribution in [3.05, 3.63) is 11.7 Å². The molecule has 15 heavy (non-hydrogen) atoms. The maximum atomic E-state index is 5.39. The summed E-state index contributed by atoms with van der Waals surface area (Å²) in [5, 5.41) is 7.27. The van der Waals surface area contributed by atoms with Crippen molar-refractivity contribution >= 4 is 0 Å². The smallest absolute Gasteiger partial charge is 0.223 e. The van der Waals surface area contributed by atoms with Crippen LogP contribution in [0.1, 0.15) is 31.0 Å². The molecule has 1 aliphatic rings. The van der Waals surface area contributed by atoms with Crippen molar-refractivity contribution in [3.63, 3.8) is 0 Å². The van der Waals surface area contributed by atoms with Gasteiger partial charge in [0.05, 0.1) is 6.54 Å². The van der Waals surface area contributed by atoms with Crippen molar-refractivity contribution in [3.8, 4) is 0 Å². The molecule has 84 valence electrons. The fourth-order valence-electron chi connectivity index (χ4n) is 1.76. The second kappa shape index (κ2) is 5.23. The first-order chi connectivity index (χ1) is 7.34. The minimum absolute atomic E-state index is 0.520. The first kappa shape index (κ1) is 10.6. The van der Waals surface area contributed by atoms with Crippen LogP contribution in [0, 0.1) is 6.92 Å². The lowest BCUT2D eigenvalue weighted by Gasteiger charge is -2.13. The van der Waals surface area contributed by atoms with Crippen LogP contribution < -0.4 is 5.32 Å². The second-order valence-electron chi connectivity index (χ2n) is 3.85. The monoisotopic (exact) mass is 211 g/mol. The Balaban J connectivity index is 1.76. The van der Waals surface area contributed by atoms with E-state index in [0.717, 1.165) is 38.3 Å². The molecule has 1 atom stereocenters.